The zero-order valence-corrected chi connectivity index (χ0v) is 38.3. The van der Waals surface area contributed by atoms with Crippen molar-refractivity contribution >= 4 is 54.5 Å². The third-order valence-corrected chi connectivity index (χ3v) is 10.9. The Kier molecular flexibility index (Phi) is 21.2. The van der Waals surface area contributed by atoms with Crippen molar-refractivity contribution in [2.75, 3.05) is 39.4 Å². The smallest absolute Gasteiger partial charge is 0.407 e. The number of carbonyl (C=O) groups is 5. The predicted molar refractivity (Wildman–Crippen MR) is 242 cm³/mol. The van der Waals surface area contributed by atoms with Crippen LogP contribution < -0.4 is 70.2 Å². The van der Waals surface area contributed by atoms with Gasteiger partial charge in [-0.3, -0.25) is 4.79 Å². The molecule has 0 bridgehead atoms. The Morgan fingerprint density at radius 2 is 1.55 bits per heavy atom. The quantitative estimate of drug-likeness (QED) is 0.0250. The summed E-state index contributed by atoms with van der Waals surface area (Å²) in [6.45, 7) is 8.58. The second-order valence-electron chi connectivity index (χ2n) is 16.4. The van der Waals surface area contributed by atoms with Gasteiger partial charge in [0.05, 0.1) is 31.4 Å². The van der Waals surface area contributed by atoms with Crippen LogP contribution in [-0.4, -0.2) is 171 Å². The number of benzene rings is 1. The number of alkyl carbamates (subject to hydrolysis) is 1. The molecule has 1 aromatic carbocycles. The number of carbonyl (C=O) groups excluding carboxylic acids is 5. The summed E-state index contributed by atoms with van der Waals surface area (Å²) in [5.74, 6) is -0.299. The first kappa shape index (κ1) is 54.2. The standard InChI is InChI=1S/C40H65N13O13.ClH/c1-19(2)46-15-5-4-13-45-14-6-16-47-25(54)12-9-21-7-10-22(11-8-21)64-35-30(48-36(41)42)32(56)26(20(3)63-35)51-39(59)53-33-29(50-38(44)58)31(55)24(18-61-33)65-34-28(49-37(43)57)27-23(17-62-34)66-40(60)52-27;/h7-12,19-20,23-24,26-35,45-46,55-56H,4-6,13-18H2,1-3H3,(H,47,54)(H,52,60)(H4,41,42,48)(H3,43,49,57)(H3,44,50,58)(H2,51,53,59);1H/t20-,23-,24-,26+,27+,28-,29-,30-,31+,32+,33+,34+,35-;/m1./s1. The van der Waals surface area contributed by atoms with Crippen LogP contribution in [-0.2, 0) is 28.5 Å². The number of nitrogens with zero attached hydrogens (tertiary/aromatic N) is 1. The molecule has 4 fully saturated rings. The summed E-state index contributed by atoms with van der Waals surface area (Å²) in [7, 11) is 0. The molecule has 4 saturated heterocycles. The Labute approximate surface area is 393 Å². The summed E-state index contributed by atoms with van der Waals surface area (Å²) in [6, 6.07) is -1.43. The second kappa shape index (κ2) is 26.2. The molecule has 0 aromatic heterocycles. The minimum absolute atomic E-state index is 0. The minimum atomic E-state index is -1.60. The molecule has 376 valence electrons. The SMILES string of the molecule is CC(C)NCCCCNCCCNC(=O)C=Cc1ccc(O[C@H]2O[C@H](C)[C@H](NC(=O)N[C@H]3OC[C@@H](O[C@@H]4OC[C@H]5OC(=O)N[C@@H]5[C@H]4NC(N)=O)[C@H](O)[C@H]3NC(N)=O)[C@H](O)[C@H]2N=C(N)N)cc1.Cl. The number of hydrogen-bond acceptors (Lipinski definition) is 16. The molecule has 26 nitrogen and oxygen atoms in total. The third kappa shape index (κ3) is 16.4. The van der Waals surface area contributed by atoms with Crippen molar-refractivity contribution in [2.45, 2.75) is 126 Å². The highest BCUT2D eigenvalue weighted by Gasteiger charge is 2.51. The van der Waals surface area contributed by atoms with Gasteiger partial charge in [0.25, 0.3) is 0 Å². The van der Waals surface area contributed by atoms with Crippen LogP contribution in [0.4, 0.5) is 19.2 Å². The summed E-state index contributed by atoms with van der Waals surface area (Å²) in [5.41, 5.74) is 22.9. The topological polar surface area (TPSA) is 394 Å². The fourth-order valence-electron chi connectivity index (χ4n) is 7.70. The molecule has 1 aromatic rings. The van der Waals surface area contributed by atoms with Crippen molar-refractivity contribution in [3.63, 3.8) is 0 Å². The van der Waals surface area contributed by atoms with Gasteiger partial charge in [-0.2, -0.15) is 0 Å². The Morgan fingerprint density at radius 3 is 2.24 bits per heavy atom. The summed E-state index contributed by atoms with van der Waals surface area (Å²) < 4.78 is 34.7. The number of unbranched alkanes of at least 4 members (excludes halogenated alkanes) is 1. The molecule has 4 aliphatic heterocycles. The largest absolute Gasteiger partial charge is 0.462 e. The highest BCUT2D eigenvalue weighted by molar-refractivity contribution is 5.91. The van der Waals surface area contributed by atoms with E-state index in [-0.39, 0.29) is 31.5 Å². The first-order chi connectivity index (χ1) is 31.5. The fraction of sp³-hybridized carbons (Fsp3) is 0.650. The van der Waals surface area contributed by atoms with Crippen LogP contribution in [0, 0.1) is 0 Å². The number of amides is 8. The molecule has 18 N–H and O–H groups in total. The van der Waals surface area contributed by atoms with Gasteiger partial charge >= 0.3 is 24.2 Å². The number of fused-ring (bicyclic) bond motifs is 1. The van der Waals surface area contributed by atoms with Crippen molar-refractivity contribution in [1.29, 1.82) is 0 Å². The van der Waals surface area contributed by atoms with E-state index in [1.54, 1.807) is 37.3 Å². The van der Waals surface area contributed by atoms with Crippen molar-refractivity contribution in [3.8, 4) is 5.75 Å². The zero-order chi connectivity index (χ0) is 47.9. The van der Waals surface area contributed by atoms with E-state index >= 15 is 0 Å². The van der Waals surface area contributed by atoms with Gasteiger partial charge in [0.2, 0.25) is 12.2 Å². The molecule has 13 atom stereocenters. The van der Waals surface area contributed by atoms with Crippen molar-refractivity contribution in [3.05, 3.63) is 35.9 Å². The van der Waals surface area contributed by atoms with Crippen molar-refractivity contribution in [2.24, 2.45) is 27.9 Å². The van der Waals surface area contributed by atoms with Crippen LogP contribution in [0.1, 0.15) is 45.6 Å². The molecule has 5 rings (SSSR count). The number of aliphatic imine (C=N–C) groups is 1. The molecule has 0 saturated carbocycles. The summed E-state index contributed by atoms with van der Waals surface area (Å²) in [5, 5.41) is 45.0. The molecule has 4 aliphatic rings. The van der Waals surface area contributed by atoms with Gasteiger partial charge in [-0.1, -0.05) is 26.0 Å². The molecule has 0 spiro atoms. The van der Waals surface area contributed by atoms with Crippen LogP contribution in [0.5, 0.6) is 5.75 Å². The molecular formula is C40H66ClN13O13. The Balaban J connectivity index is 0.00000980. The first-order valence-corrected chi connectivity index (χ1v) is 21.8. The molecular weight excluding hydrogens is 906 g/mol. The van der Waals surface area contributed by atoms with Crippen LogP contribution in [0.3, 0.4) is 0 Å². The molecule has 0 unspecified atom stereocenters. The Morgan fingerprint density at radius 1 is 0.866 bits per heavy atom. The molecule has 4 heterocycles. The number of hydrogen-bond donors (Lipinski definition) is 14. The summed E-state index contributed by atoms with van der Waals surface area (Å²) in [4.78, 5) is 65.7. The zero-order valence-electron chi connectivity index (χ0n) is 37.5. The number of ether oxygens (including phenoxy) is 6. The Hall–Kier alpha value is -5.45. The molecule has 27 heteroatoms. The lowest BCUT2D eigenvalue weighted by Crippen LogP contribution is -2.70. The van der Waals surface area contributed by atoms with E-state index in [2.05, 4.69) is 61.4 Å². The first-order valence-electron chi connectivity index (χ1n) is 21.8. The lowest BCUT2D eigenvalue weighted by atomic mass is 9.95. The van der Waals surface area contributed by atoms with Crippen LogP contribution >= 0.6 is 12.4 Å². The Bertz CT molecular complexity index is 1850. The monoisotopic (exact) mass is 971 g/mol. The van der Waals surface area contributed by atoms with Crippen LogP contribution in [0.2, 0.25) is 0 Å². The number of aliphatic hydroxyl groups is 2. The number of aliphatic hydroxyl groups excluding tert-OH is 2. The van der Waals surface area contributed by atoms with E-state index in [0.717, 1.165) is 38.9 Å². The van der Waals surface area contributed by atoms with Gasteiger partial charge in [0.1, 0.15) is 48.3 Å². The minimum Gasteiger partial charge on any atom is -0.462 e. The maximum absolute atomic E-state index is 13.5. The number of nitrogens with two attached hydrogens (primary N) is 4. The van der Waals surface area contributed by atoms with Crippen molar-refractivity contribution in [1.82, 2.24) is 42.5 Å². The van der Waals surface area contributed by atoms with E-state index in [1.165, 1.54) is 6.08 Å². The number of primary amides is 2. The summed E-state index contributed by atoms with van der Waals surface area (Å²) >= 11 is 0. The van der Waals surface area contributed by atoms with Gasteiger partial charge in [-0.05, 0) is 69.6 Å². The lowest BCUT2D eigenvalue weighted by Gasteiger charge is -2.44. The maximum Gasteiger partial charge on any atom is 0.407 e. The predicted octanol–water partition coefficient (Wildman–Crippen LogP) is -3.20. The van der Waals surface area contributed by atoms with E-state index in [9.17, 15) is 34.2 Å². The average Bonchev–Trinajstić information content (AvgIpc) is 3.64. The van der Waals surface area contributed by atoms with Crippen LogP contribution in [0.15, 0.2) is 35.3 Å². The number of rotatable bonds is 21. The van der Waals surface area contributed by atoms with E-state index in [4.69, 9.17) is 51.4 Å². The third-order valence-electron chi connectivity index (χ3n) is 10.9. The molecule has 8 amide bonds. The molecule has 0 radical (unpaired) electrons. The van der Waals surface area contributed by atoms with Gasteiger partial charge in [0, 0.05) is 18.7 Å². The molecule has 67 heavy (non-hydrogen) atoms. The van der Waals surface area contributed by atoms with Crippen LogP contribution in [0.25, 0.3) is 6.08 Å². The average molecular weight is 972 g/mol. The second-order valence-corrected chi connectivity index (χ2v) is 16.4. The molecule has 0 aliphatic carbocycles. The van der Waals surface area contributed by atoms with E-state index in [0.29, 0.717) is 23.9 Å². The van der Waals surface area contributed by atoms with Crippen molar-refractivity contribution < 1.29 is 62.6 Å². The maximum atomic E-state index is 13.5. The highest BCUT2D eigenvalue weighted by Crippen LogP contribution is 2.29. The highest BCUT2D eigenvalue weighted by atomic mass is 35.5. The van der Waals surface area contributed by atoms with Gasteiger partial charge < -0.3 is 104 Å². The number of urea groups is 3. The van der Waals surface area contributed by atoms with Gasteiger partial charge in [-0.25, -0.2) is 24.2 Å². The van der Waals surface area contributed by atoms with E-state index in [1.807, 2.05) is 0 Å². The number of guanidine groups is 1. The van der Waals surface area contributed by atoms with Gasteiger partial charge in [0.15, 0.2) is 18.5 Å². The normalized spacial score (nSPS) is 30.1. The number of nitrogens with one attached hydrogen (secondary N) is 8. The lowest BCUT2D eigenvalue weighted by molar-refractivity contribution is -0.260. The fourth-order valence-corrected chi connectivity index (χ4v) is 7.70. The van der Waals surface area contributed by atoms with Gasteiger partial charge in [-0.15, -0.1) is 12.4 Å². The van der Waals surface area contributed by atoms with E-state index < -0.39 is 110 Å². The summed E-state index contributed by atoms with van der Waals surface area (Å²) in [6.07, 6.45) is -4.59. The number of halogens is 1.